The van der Waals surface area contributed by atoms with Crippen molar-refractivity contribution in [2.45, 2.75) is 38.3 Å². The molecule has 2 aliphatic rings. The molecule has 0 bridgehead atoms. The average molecular weight is 245 g/mol. The Hall–Kier alpha value is -0.930. The third-order valence-electron chi connectivity index (χ3n) is 3.99. The van der Waals surface area contributed by atoms with Gasteiger partial charge in [0.15, 0.2) is 0 Å². The van der Waals surface area contributed by atoms with Gasteiger partial charge < -0.3 is 5.32 Å². The van der Waals surface area contributed by atoms with Crippen LogP contribution in [0.25, 0.3) is 0 Å². The van der Waals surface area contributed by atoms with Crippen LogP contribution in [0.3, 0.4) is 0 Å². The van der Waals surface area contributed by atoms with Crippen LogP contribution in [0.5, 0.6) is 0 Å². The number of hydrogen-bond acceptors (Lipinski definition) is 3. The molecule has 98 valence electrons. The Kier molecular flexibility index (Phi) is 3.91. The van der Waals surface area contributed by atoms with E-state index in [2.05, 4.69) is 27.3 Å². The maximum atomic E-state index is 4.42. The number of aromatic nitrogens is 1. The third-order valence-corrected chi connectivity index (χ3v) is 3.99. The van der Waals surface area contributed by atoms with E-state index in [4.69, 9.17) is 0 Å². The average Bonchev–Trinajstić information content (AvgIpc) is 3.22. The lowest BCUT2D eigenvalue weighted by Crippen LogP contribution is -2.39. The summed E-state index contributed by atoms with van der Waals surface area (Å²) in [6.45, 7) is 4.69. The maximum Gasteiger partial charge on any atom is 0.0543 e. The number of nitrogens with zero attached hydrogens (tertiary/aromatic N) is 2. The molecule has 2 heterocycles. The van der Waals surface area contributed by atoms with E-state index >= 15 is 0 Å². The molecule has 2 fully saturated rings. The zero-order valence-corrected chi connectivity index (χ0v) is 11.0. The first kappa shape index (κ1) is 12.1. The zero-order chi connectivity index (χ0) is 12.2. The van der Waals surface area contributed by atoms with E-state index < -0.39 is 0 Å². The van der Waals surface area contributed by atoms with Crippen molar-refractivity contribution in [1.82, 2.24) is 15.2 Å². The molecule has 1 aliphatic heterocycles. The molecule has 0 radical (unpaired) electrons. The van der Waals surface area contributed by atoms with Gasteiger partial charge in [-0.15, -0.1) is 0 Å². The van der Waals surface area contributed by atoms with Gasteiger partial charge in [0.1, 0.15) is 0 Å². The molecule has 3 rings (SSSR count). The smallest absolute Gasteiger partial charge is 0.0543 e. The van der Waals surface area contributed by atoms with Crippen LogP contribution in [-0.4, -0.2) is 35.6 Å². The number of piperidine rings is 1. The molecule has 0 spiro atoms. The van der Waals surface area contributed by atoms with Crippen LogP contribution in [0.2, 0.25) is 0 Å². The summed E-state index contributed by atoms with van der Waals surface area (Å²) in [7, 11) is 0. The SMILES string of the molecule is c1ccc(CN2CCCC(CNC3CC3)C2)nc1. The van der Waals surface area contributed by atoms with Crippen molar-refractivity contribution >= 4 is 0 Å². The van der Waals surface area contributed by atoms with Crippen LogP contribution >= 0.6 is 0 Å². The standard InChI is InChI=1S/C15H23N3/c1-2-8-16-15(5-1)12-18-9-3-4-13(11-18)10-17-14-6-7-14/h1-2,5,8,13-14,17H,3-4,6-7,9-12H2. The van der Waals surface area contributed by atoms with Crippen LogP contribution in [-0.2, 0) is 6.54 Å². The summed E-state index contributed by atoms with van der Waals surface area (Å²) >= 11 is 0. The number of rotatable bonds is 5. The largest absolute Gasteiger partial charge is 0.314 e. The molecule has 18 heavy (non-hydrogen) atoms. The molecular formula is C15H23N3. The van der Waals surface area contributed by atoms with Crippen molar-refractivity contribution in [3.05, 3.63) is 30.1 Å². The lowest BCUT2D eigenvalue weighted by Gasteiger charge is -2.32. The summed E-state index contributed by atoms with van der Waals surface area (Å²) in [6.07, 6.45) is 7.41. The summed E-state index contributed by atoms with van der Waals surface area (Å²) in [5.74, 6) is 0.836. The van der Waals surface area contributed by atoms with Gasteiger partial charge in [0.25, 0.3) is 0 Å². The van der Waals surface area contributed by atoms with Crippen molar-refractivity contribution in [3.8, 4) is 0 Å². The van der Waals surface area contributed by atoms with Crippen molar-refractivity contribution in [3.63, 3.8) is 0 Å². The van der Waals surface area contributed by atoms with Gasteiger partial charge in [-0.25, -0.2) is 0 Å². The summed E-state index contributed by atoms with van der Waals surface area (Å²) in [4.78, 5) is 6.99. The lowest BCUT2D eigenvalue weighted by molar-refractivity contribution is 0.163. The molecule has 1 unspecified atom stereocenters. The van der Waals surface area contributed by atoms with E-state index in [0.717, 1.165) is 18.5 Å². The third kappa shape index (κ3) is 3.53. The Balaban J connectivity index is 1.47. The summed E-state index contributed by atoms with van der Waals surface area (Å²) in [5.41, 5.74) is 1.20. The first-order valence-electron chi connectivity index (χ1n) is 7.26. The highest BCUT2D eigenvalue weighted by molar-refractivity contribution is 5.03. The van der Waals surface area contributed by atoms with Gasteiger partial charge in [0.05, 0.1) is 5.69 Å². The van der Waals surface area contributed by atoms with Crippen LogP contribution in [0.15, 0.2) is 24.4 Å². The zero-order valence-electron chi connectivity index (χ0n) is 11.0. The van der Waals surface area contributed by atoms with Gasteiger partial charge in [-0.05, 0) is 56.8 Å². The molecule has 1 atom stereocenters. The summed E-state index contributed by atoms with van der Waals surface area (Å²) in [5, 5.41) is 3.67. The van der Waals surface area contributed by atoms with E-state index in [9.17, 15) is 0 Å². The van der Waals surface area contributed by atoms with E-state index in [1.807, 2.05) is 12.3 Å². The molecule has 0 amide bonds. The van der Waals surface area contributed by atoms with E-state index in [1.165, 1.54) is 51.0 Å². The predicted octanol–water partition coefficient (Wildman–Crippen LogP) is 2.05. The van der Waals surface area contributed by atoms with Crippen molar-refractivity contribution in [2.75, 3.05) is 19.6 Å². The summed E-state index contributed by atoms with van der Waals surface area (Å²) < 4.78 is 0. The van der Waals surface area contributed by atoms with Gasteiger partial charge in [0.2, 0.25) is 0 Å². The fourth-order valence-electron chi connectivity index (χ4n) is 2.80. The maximum absolute atomic E-state index is 4.42. The van der Waals surface area contributed by atoms with Gasteiger partial charge in [0, 0.05) is 25.3 Å². The van der Waals surface area contributed by atoms with Crippen LogP contribution < -0.4 is 5.32 Å². The molecule has 1 N–H and O–H groups in total. The number of likely N-dealkylation sites (tertiary alicyclic amines) is 1. The molecule has 1 aromatic heterocycles. The lowest BCUT2D eigenvalue weighted by atomic mass is 9.98. The van der Waals surface area contributed by atoms with Crippen LogP contribution in [0.4, 0.5) is 0 Å². The van der Waals surface area contributed by atoms with Crippen LogP contribution in [0, 0.1) is 5.92 Å². The highest BCUT2D eigenvalue weighted by atomic mass is 15.1. The van der Waals surface area contributed by atoms with Gasteiger partial charge in [-0.3, -0.25) is 9.88 Å². The number of pyridine rings is 1. The predicted molar refractivity (Wildman–Crippen MR) is 73.3 cm³/mol. The Morgan fingerprint density at radius 3 is 3.00 bits per heavy atom. The number of hydrogen-bond donors (Lipinski definition) is 1. The highest BCUT2D eigenvalue weighted by Gasteiger charge is 2.24. The second-order valence-electron chi connectivity index (χ2n) is 5.75. The minimum absolute atomic E-state index is 0.836. The molecule has 1 aromatic rings. The number of nitrogens with one attached hydrogen (secondary N) is 1. The van der Waals surface area contributed by atoms with Crippen molar-refractivity contribution in [2.24, 2.45) is 5.92 Å². The Bertz CT molecular complexity index is 361. The molecule has 0 aromatic carbocycles. The topological polar surface area (TPSA) is 28.2 Å². The first-order chi connectivity index (χ1) is 8.90. The van der Waals surface area contributed by atoms with E-state index in [1.54, 1.807) is 0 Å². The van der Waals surface area contributed by atoms with Crippen molar-refractivity contribution < 1.29 is 0 Å². The Morgan fingerprint density at radius 2 is 2.22 bits per heavy atom. The quantitative estimate of drug-likeness (QED) is 0.860. The fourth-order valence-corrected chi connectivity index (χ4v) is 2.80. The van der Waals surface area contributed by atoms with Gasteiger partial charge >= 0.3 is 0 Å². The van der Waals surface area contributed by atoms with E-state index in [0.29, 0.717) is 0 Å². The minimum atomic E-state index is 0.836. The van der Waals surface area contributed by atoms with Crippen LogP contribution in [0.1, 0.15) is 31.4 Å². The Morgan fingerprint density at radius 1 is 1.28 bits per heavy atom. The first-order valence-corrected chi connectivity index (χ1v) is 7.26. The molecular weight excluding hydrogens is 222 g/mol. The monoisotopic (exact) mass is 245 g/mol. The second kappa shape index (κ2) is 5.81. The summed E-state index contributed by atoms with van der Waals surface area (Å²) in [6, 6.07) is 7.04. The molecule has 3 nitrogen and oxygen atoms in total. The van der Waals surface area contributed by atoms with Gasteiger partial charge in [-0.1, -0.05) is 6.07 Å². The second-order valence-corrected chi connectivity index (χ2v) is 5.75. The normalized spacial score (nSPS) is 25.2. The molecule has 1 saturated carbocycles. The fraction of sp³-hybridized carbons (Fsp3) is 0.667. The molecule has 1 aliphatic carbocycles. The Labute approximate surface area is 110 Å². The molecule has 1 saturated heterocycles. The van der Waals surface area contributed by atoms with Gasteiger partial charge in [-0.2, -0.15) is 0 Å². The molecule has 3 heteroatoms. The highest BCUT2D eigenvalue weighted by Crippen LogP contribution is 2.21. The van der Waals surface area contributed by atoms with E-state index in [-0.39, 0.29) is 0 Å². The minimum Gasteiger partial charge on any atom is -0.314 e. The van der Waals surface area contributed by atoms with Crippen molar-refractivity contribution in [1.29, 1.82) is 0 Å².